The van der Waals surface area contributed by atoms with Crippen molar-refractivity contribution in [3.05, 3.63) is 29.6 Å². The topological polar surface area (TPSA) is 55.6 Å². The lowest BCUT2D eigenvalue weighted by Crippen LogP contribution is -2.40. The molecule has 0 spiro atoms. The van der Waals surface area contributed by atoms with Crippen LogP contribution in [0.15, 0.2) is 18.2 Å². The number of benzene rings is 1. The normalized spacial score (nSPS) is 16.6. The second-order valence-corrected chi connectivity index (χ2v) is 4.72. The van der Waals surface area contributed by atoms with Gasteiger partial charge in [-0.3, -0.25) is 4.79 Å². The Kier molecular flexibility index (Phi) is 4.37. The van der Waals surface area contributed by atoms with E-state index in [9.17, 15) is 9.18 Å². The smallest absolute Gasteiger partial charge is 0.254 e. The summed E-state index contributed by atoms with van der Waals surface area (Å²) in [5, 5.41) is 0. The summed E-state index contributed by atoms with van der Waals surface area (Å²) in [4.78, 5) is 14.0. The van der Waals surface area contributed by atoms with E-state index in [1.807, 2.05) is 6.92 Å². The number of halogens is 1. The van der Waals surface area contributed by atoms with Crippen LogP contribution in [-0.2, 0) is 4.74 Å². The minimum absolute atomic E-state index is 0.166. The molecule has 1 aromatic carbocycles. The maximum atomic E-state index is 13.2. The van der Waals surface area contributed by atoms with Crippen molar-refractivity contribution >= 4 is 11.6 Å². The van der Waals surface area contributed by atoms with Gasteiger partial charge in [-0.05, 0) is 38.0 Å². The first-order chi connectivity index (χ1) is 9.10. The molecule has 0 bridgehead atoms. The number of carbonyl (C=O) groups is 1. The van der Waals surface area contributed by atoms with Crippen molar-refractivity contribution in [2.45, 2.75) is 25.9 Å². The molecule has 0 aliphatic carbocycles. The zero-order chi connectivity index (χ0) is 13.8. The average molecular weight is 266 g/mol. The molecule has 2 N–H and O–H groups in total. The third kappa shape index (κ3) is 3.44. The highest BCUT2D eigenvalue weighted by atomic mass is 19.1. The van der Waals surface area contributed by atoms with Crippen LogP contribution in [0.1, 0.15) is 30.1 Å². The number of anilines is 1. The van der Waals surface area contributed by atoms with Gasteiger partial charge in [0.05, 0.1) is 6.10 Å². The molecule has 0 aromatic heterocycles. The predicted molar refractivity (Wildman–Crippen MR) is 71.4 cm³/mol. The van der Waals surface area contributed by atoms with E-state index in [-0.39, 0.29) is 17.7 Å². The van der Waals surface area contributed by atoms with Crippen molar-refractivity contribution < 1.29 is 13.9 Å². The van der Waals surface area contributed by atoms with Gasteiger partial charge in [-0.25, -0.2) is 4.39 Å². The van der Waals surface area contributed by atoms with Gasteiger partial charge in [0.15, 0.2) is 0 Å². The number of hydrogen-bond donors (Lipinski definition) is 1. The molecule has 19 heavy (non-hydrogen) atoms. The lowest BCUT2D eigenvalue weighted by molar-refractivity contribution is 0.0146. The molecule has 0 saturated carbocycles. The molecule has 104 valence electrons. The highest BCUT2D eigenvalue weighted by Crippen LogP contribution is 2.18. The lowest BCUT2D eigenvalue weighted by Gasteiger charge is -2.31. The maximum Gasteiger partial charge on any atom is 0.254 e. The number of nitrogens with two attached hydrogens (primary N) is 1. The number of carbonyl (C=O) groups excluding carboxylic acids is 1. The van der Waals surface area contributed by atoms with E-state index < -0.39 is 5.82 Å². The first kappa shape index (κ1) is 13.8. The molecule has 0 atom stereocenters. The zero-order valence-corrected chi connectivity index (χ0v) is 11.1. The third-order valence-corrected chi connectivity index (χ3v) is 3.30. The highest BCUT2D eigenvalue weighted by molar-refractivity contribution is 5.95. The Bertz CT molecular complexity index is 437. The Balaban J connectivity index is 2.01. The Morgan fingerprint density at radius 1 is 1.42 bits per heavy atom. The summed E-state index contributed by atoms with van der Waals surface area (Å²) in [5.74, 6) is -0.645. The van der Waals surface area contributed by atoms with Crippen molar-refractivity contribution in [2.75, 3.05) is 25.4 Å². The number of amides is 1. The van der Waals surface area contributed by atoms with Crippen LogP contribution < -0.4 is 5.73 Å². The van der Waals surface area contributed by atoms with Gasteiger partial charge in [0.25, 0.3) is 5.91 Å². The molecule has 1 aromatic rings. The number of nitrogens with zero attached hydrogens (tertiary/aromatic N) is 1. The minimum atomic E-state index is -0.479. The first-order valence-corrected chi connectivity index (χ1v) is 6.57. The summed E-state index contributed by atoms with van der Waals surface area (Å²) < 4.78 is 18.8. The standard InChI is InChI=1S/C14H19FN2O2/c1-2-19-13-3-5-17(6-4-13)14(18)10-7-11(15)9-12(16)8-10/h7-9,13H,2-6,16H2,1H3. The molecule has 0 unspecified atom stereocenters. The van der Waals surface area contributed by atoms with Crippen molar-refractivity contribution in [1.29, 1.82) is 0 Å². The first-order valence-electron chi connectivity index (χ1n) is 6.57. The van der Waals surface area contributed by atoms with Crippen molar-refractivity contribution in [2.24, 2.45) is 0 Å². The van der Waals surface area contributed by atoms with Gasteiger partial charge in [-0.1, -0.05) is 0 Å². The molecule has 1 aliphatic rings. The summed E-state index contributed by atoms with van der Waals surface area (Å²) in [6.07, 6.45) is 1.88. The Morgan fingerprint density at radius 3 is 2.68 bits per heavy atom. The number of ether oxygens (including phenoxy) is 1. The summed E-state index contributed by atoms with van der Waals surface area (Å²) in [5.41, 5.74) is 6.14. The van der Waals surface area contributed by atoms with Gasteiger partial charge in [-0.15, -0.1) is 0 Å². The molecular formula is C14H19FN2O2. The molecular weight excluding hydrogens is 247 g/mol. The summed E-state index contributed by atoms with van der Waals surface area (Å²) in [6, 6.07) is 3.95. The van der Waals surface area contributed by atoms with Gasteiger partial charge >= 0.3 is 0 Å². The van der Waals surface area contributed by atoms with Crippen LogP contribution in [0.2, 0.25) is 0 Å². The fourth-order valence-electron chi connectivity index (χ4n) is 2.38. The molecule has 2 rings (SSSR count). The predicted octanol–water partition coefficient (Wildman–Crippen LogP) is 2.05. The Morgan fingerprint density at radius 2 is 2.11 bits per heavy atom. The maximum absolute atomic E-state index is 13.2. The number of piperidine rings is 1. The SMILES string of the molecule is CCOC1CCN(C(=O)c2cc(N)cc(F)c2)CC1. The molecule has 5 heteroatoms. The molecule has 1 aliphatic heterocycles. The summed E-state index contributed by atoms with van der Waals surface area (Å²) in [6.45, 7) is 3.94. The van der Waals surface area contributed by atoms with Gasteiger partial charge in [0, 0.05) is 30.9 Å². The van der Waals surface area contributed by atoms with E-state index in [2.05, 4.69) is 0 Å². The average Bonchev–Trinajstić information content (AvgIpc) is 2.38. The van der Waals surface area contributed by atoms with Crippen molar-refractivity contribution in [3.8, 4) is 0 Å². The second-order valence-electron chi connectivity index (χ2n) is 4.72. The molecule has 1 amide bonds. The van der Waals surface area contributed by atoms with E-state index in [0.717, 1.165) is 12.8 Å². The van der Waals surface area contributed by atoms with Gasteiger partial charge in [-0.2, -0.15) is 0 Å². The van der Waals surface area contributed by atoms with Crippen molar-refractivity contribution in [1.82, 2.24) is 4.90 Å². The van der Waals surface area contributed by atoms with E-state index in [1.54, 1.807) is 4.90 Å². The number of likely N-dealkylation sites (tertiary alicyclic amines) is 1. The Labute approximate surface area is 112 Å². The fraction of sp³-hybridized carbons (Fsp3) is 0.500. The largest absolute Gasteiger partial charge is 0.399 e. The minimum Gasteiger partial charge on any atom is -0.399 e. The molecule has 0 radical (unpaired) electrons. The van der Waals surface area contributed by atoms with Crippen molar-refractivity contribution in [3.63, 3.8) is 0 Å². The quantitative estimate of drug-likeness (QED) is 0.852. The van der Waals surface area contributed by atoms with Crippen LogP contribution in [0.25, 0.3) is 0 Å². The van der Waals surface area contributed by atoms with Gasteiger partial charge < -0.3 is 15.4 Å². The van der Waals surface area contributed by atoms with Crippen LogP contribution in [0.4, 0.5) is 10.1 Å². The monoisotopic (exact) mass is 266 g/mol. The van der Waals surface area contributed by atoms with Gasteiger partial charge in [0.2, 0.25) is 0 Å². The van der Waals surface area contributed by atoms with Gasteiger partial charge in [0.1, 0.15) is 5.82 Å². The number of hydrogen-bond acceptors (Lipinski definition) is 3. The number of rotatable bonds is 3. The zero-order valence-electron chi connectivity index (χ0n) is 11.1. The summed E-state index contributed by atoms with van der Waals surface area (Å²) >= 11 is 0. The van der Waals surface area contributed by atoms with Crippen LogP contribution in [0.3, 0.4) is 0 Å². The van der Waals surface area contributed by atoms with E-state index in [0.29, 0.717) is 25.3 Å². The van der Waals surface area contributed by atoms with Crippen LogP contribution in [0, 0.1) is 5.82 Å². The molecule has 1 saturated heterocycles. The molecule has 1 fully saturated rings. The second kappa shape index (κ2) is 6.02. The van der Waals surface area contributed by atoms with E-state index in [1.165, 1.54) is 18.2 Å². The molecule has 1 heterocycles. The third-order valence-electron chi connectivity index (χ3n) is 3.30. The van der Waals surface area contributed by atoms with Crippen LogP contribution in [-0.4, -0.2) is 36.6 Å². The molecule has 4 nitrogen and oxygen atoms in total. The summed E-state index contributed by atoms with van der Waals surface area (Å²) in [7, 11) is 0. The lowest BCUT2D eigenvalue weighted by atomic mass is 10.1. The highest BCUT2D eigenvalue weighted by Gasteiger charge is 2.24. The fourth-order valence-corrected chi connectivity index (χ4v) is 2.38. The number of nitrogen functional groups attached to an aromatic ring is 1. The van der Waals surface area contributed by atoms with E-state index >= 15 is 0 Å². The Hall–Kier alpha value is -1.62. The van der Waals surface area contributed by atoms with Crippen LogP contribution in [0.5, 0.6) is 0 Å². The van der Waals surface area contributed by atoms with E-state index in [4.69, 9.17) is 10.5 Å². The van der Waals surface area contributed by atoms with Crippen LogP contribution >= 0.6 is 0 Å².